The normalized spacial score (nSPS) is 36.5. The lowest BCUT2D eigenvalue weighted by Gasteiger charge is -2.34. The highest BCUT2D eigenvalue weighted by molar-refractivity contribution is 8.24. The summed E-state index contributed by atoms with van der Waals surface area (Å²) in [5.41, 5.74) is 0. The highest BCUT2D eigenvalue weighted by Gasteiger charge is 2.31. The van der Waals surface area contributed by atoms with Gasteiger partial charge < -0.3 is 0 Å². The first-order valence-electron chi connectivity index (χ1n) is 4.23. The predicted molar refractivity (Wildman–Crippen MR) is 66.2 cm³/mol. The highest BCUT2D eigenvalue weighted by Crippen LogP contribution is 2.50. The molecule has 0 radical (unpaired) electrons. The Morgan fingerprint density at radius 3 is 1.75 bits per heavy atom. The van der Waals surface area contributed by atoms with Crippen LogP contribution in [0, 0.1) is 0 Å². The molecule has 0 amide bonds. The molecule has 0 aromatic heterocycles. The maximum atomic E-state index is 4.42. The van der Waals surface area contributed by atoms with E-state index in [0.29, 0.717) is 0 Å². The second-order valence-corrected chi connectivity index (χ2v) is 7.21. The van der Waals surface area contributed by atoms with E-state index in [0.717, 1.165) is 19.0 Å². The van der Waals surface area contributed by atoms with Crippen LogP contribution in [-0.4, -0.2) is 10.5 Å². The van der Waals surface area contributed by atoms with Crippen LogP contribution in [0.4, 0.5) is 0 Å². The summed E-state index contributed by atoms with van der Waals surface area (Å²) in [4.78, 5) is 0. The van der Waals surface area contributed by atoms with Crippen molar-refractivity contribution >= 4 is 48.8 Å². The molecule has 2 aliphatic rings. The molecule has 2 atom stereocenters. The van der Waals surface area contributed by atoms with Crippen molar-refractivity contribution in [3.63, 3.8) is 0 Å². The van der Waals surface area contributed by atoms with Gasteiger partial charge in [-0.15, -0.1) is 48.8 Å². The van der Waals surface area contributed by atoms with E-state index in [-0.39, 0.29) is 0 Å². The molecule has 4 heteroatoms. The first-order valence-corrected chi connectivity index (χ1v) is 6.88. The average Bonchev–Trinajstić information content (AvgIpc) is 2.07. The Labute approximate surface area is 93.1 Å². The van der Waals surface area contributed by atoms with Gasteiger partial charge in [0.25, 0.3) is 0 Å². The fourth-order valence-electron chi connectivity index (χ4n) is 1.72. The van der Waals surface area contributed by atoms with Crippen molar-refractivity contribution in [2.24, 2.45) is 0 Å². The second kappa shape index (κ2) is 4.11. The number of hydrogen-bond acceptors (Lipinski definition) is 4. The number of fused-ring (bicyclic) bond motifs is 1. The molecule has 1 fully saturated rings. The Morgan fingerprint density at radius 2 is 1.33 bits per heavy atom. The van der Waals surface area contributed by atoms with Crippen molar-refractivity contribution in [3.05, 3.63) is 8.47 Å². The molecule has 1 heterocycles. The van der Waals surface area contributed by atoms with Crippen LogP contribution in [0.5, 0.6) is 0 Å². The molecule has 2 rings (SSSR count). The SMILES string of the molecule is SC1=C(S)SC2CCCCC2S1. The van der Waals surface area contributed by atoms with Gasteiger partial charge in [-0.3, -0.25) is 0 Å². The third kappa shape index (κ3) is 1.97. The summed E-state index contributed by atoms with van der Waals surface area (Å²) in [5.74, 6) is 0. The van der Waals surface area contributed by atoms with E-state index in [9.17, 15) is 0 Å². The molecule has 1 aliphatic carbocycles. The fourth-order valence-corrected chi connectivity index (χ4v) is 5.39. The maximum Gasteiger partial charge on any atom is 0.0572 e. The minimum absolute atomic E-state index is 0.812. The van der Waals surface area contributed by atoms with Crippen molar-refractivity contribution < 1.29 is 0 Å². The van der Waals surface area contributed by atoms with Crippen LogP contribution in [0.25, 0.3) is 0 Å². The molecule has 12 heavy (non-hydrogen) atoms. The van der Waals surface area contributed by atoms with E-state index in [1.54, 1.807) is 0 Å². The first-order chi connectivity index (χ1) is 5.77. The smallest absolute Gasteiger partial charge is 0.0572 e. The summed E-state index contributed by atoms with van der Waals surface area (Å²) in [6.07, 6.45) is 5.54. The summed E-state index contributed by atoms with van der Waals surface area (Å²) >= 11 is 12.7. The summed E-state index contributed by atoms with van der Waals surface area (Å²) in [6.45, 7) is 0. The van der Waals surface area contributed by atoms with Gasteiger partial charge in [-0.05, 0) is 12.8 Å². The molecule has 1 saturated carbocycles. The number of thioether (sulfide) groups is 2. The van der Waals surface area contributed by atoms with Crippen molar-refractivity contribution in [1.29, 1.82) is 0 Å². The predicted octanol–water partition coefficient (Wildman–Crippen LogP) is 3.76. The fraction of sp³-hybridized carbons (Fsp3) is 0.750. The van der Waals surface area contributed by atoms with Crippen LogP contribution >= 0.6 is 48.8 Å². The zero-order valence-electron chi connectivity index (χ0n) is 6.69. The first kappa shape index (κ1) is 9.69. The number of hydrogen-bond donors (Lipinski definition) is 2. The summed E-state index contributed by atoms with van der Waals surface area (Å²) in [7, 11) is 0. The van der Waals surface area contributed by atoms with Gasteiger partial charge in [-0.1, -0.05) is 12.8 Å². The highest BCUT2D eigenvalue weighted by atomic mass is 32.2. The Balaban J connectivity index is 2.10. The molecule has 0 bridgehead atoms. The van der Waals surface area contributed by atoms with Crippen LogP contribution < -0.4 is 0 Å². The molecule has 0 saturated heterocycles. The molecule has 0 aromatic rings. The van der Waals surface area contributed by atoms with Crippen LogP contribution in [0.1, 0.15) is 25.7 Å². The molecule has 0 aromatic carbocycles. The van der Waals surface area contributed by atoms with E-state index in [4.69, 9.17) is 0 Å². The Hall–Kier alpha value is 1.14. The largest absolute Gasteiger partial charge is 0.135 e. The van der Waals surface area contributed by atoms with Gasteiger partial charge in [0.1, 0.15) is 0 Å². The van der Waals surface area contributed by atoms with E-state index in [1.807, 2.05) is 23.5 Å². The molecule has 68 valence electrons. The number of rotatable bonds is 0. The summed E-state index contributed by atoms with van der Waals surface area (Å²) < 4.78 is 2.26. The summed E-state index contributed by atoms with van der Waals surface area (Å²) in [6, 6.07) is 0. The third-order valence-electron chi connectivity index (χ3n) is 2.35. The van der Waals surface area contributed by atoms with Crippen LogP contribution in [-0.2, 0) is 0 Å². The Bertz CT molecular complexity index is 189. The zero-order chi connectivity index (χ0) is 8.55. The van der Waals surface area contributed by atoms with Gasteiger partial charge in [0.15, 0.2) is 0 Å². The lowest BCUT2D eigenvalue weighted by molar-refractivity contribution is 0.528. The topological polar surface area (TPSA) is 0 Å². The molecule has 0 nitrogen and oxygen atoms in total. The standard InChI is InChI=1S/C8H12S4/c9-7-8(10)12-6-4-2-1-3-5(6)11-7/h5-6,9-10H,1-4H2. The molecule has 2 unspecified atom stereocenters. The summed E-state index contributed by atoms with van der Waals surface area (Å²) in [5, 5.41) is 1.62. The Morgan fingerprint density at radius 1 is 0.917 bits per heavy atom. The lowest BCUT2D eigenvalue weighted by atomic mass is 10.00. The quantitative estimate of drug-likeness (QED) is 0.615. The van der Waals surface area contributed by atoms with Crippen molar-refractivity contribution in [2.75, 3.05) is 0 Å². The van der Waals surface area contributed by atoms with Gasteiger partial charge >= 0.3 is 0 Å². The number of thiol groups is 2. The monoisotopic (exact) mass is 236 g/mol. The van der Waals surface area contributed by atoms with E-state index in [2.05, 4.69) is 25.3 Å². The van der Waals surface area contributed by atoms with Crippen molar-refractivity contribution in [2.45, 2.75) is 36.2 Å². The van der Waals surface area contributed by atoms with Gasteiger partial charge in [0.05, 0.1) is 8.47 Å². The van der Waals surface area contributed by atoms with Crippen LogP contribution in [0.2, 0.25) is 0 Å². The zero-order valence-corrected chi connectivity index (χ0v) is 10.1. The van der Waals surface area contributed by atoms with Crippen LogP contribution in [0.3, 0.4) is 0 Å². The minimum atomic E-state index is 0.812. The van der Waals surface area contributed by atoms with Crippen LogP contribution in [0.15, 0.2) is 8.47 Å². The minimum Gasteiger partial charge on any atom is -0.135 e. The lowest BCUT2D eigenvalue weighted by Crippen LogP contribution is -2.26. The molecular formula is C8H12S4. The molecule has 0 spiro atoms. The Kier molecular flexibility index (Phi) is 3.32. The third-order valence-corrected chi connectivity index (χ3v) is 6.80. The maximum absolute atomic E-state index is 4.42. The van der Waals surface area contributed by atoms with Gasteiger partial charge in [0.2, 0.25) is 0 Å². The van der Waals surface area contributed by atoms with E-state index in [1.165, 1.54) is 25.7 Å². The second-order valence-electron chi connectivity index (χ2n) is 3.21. The van der Waals surface area contributed by atoms with Crippen molar-refractivity contribution in [1.82, 2.24) is 0 Å². The average molecular weight is 236 g/mol. The molecule has 0 N–H and O–H groups in total. The van der Waals surface area contributed by atoms with E-state index < -0.39 is 0 Å². The van der Waals surface area contributed by atoms with Gasteiger partial charge in [-0.2, -0.15) is 0 Å². The van der Waals surface area contributed by atoms with E-state index >= 15 is 0 Å². The van der Waals surface area contributed by atoms with Gasteiger partial charge in [0, 0.05) is 10.5 Å². The van der Waals surface area contributed by atoms with Crippen molar-refractivity contribution in [3.8, 4) is 0 Å². The molecule has 1 aliphatic heterocycles. The molecular weight excluding hydrogens is 224 g/mol. The van der Waals surface area contributed by atoms with Gasteiger partial charge in [-0.25, -0.2) is 0 Å².